The van der Waals surface area contributed by atoms with Gasteiger partial charge in [-0.15, -0.1) is 0 Å². The first kappa shape index (κ1) is 12.1. The van der Waals surface area contributed by atoms with Gasteiger partial charge in [0.15, 0.2) is 5.78 Å². The van der Waals surface area contributed by atoms with Gasteiger partial charge >= 0.3 is 5.97 Å². The van der Waals surface area contributed by atoms with Gasteiger partial charge in [0.25, 0.3) is 0 Å². The van der Waals surface area contributed by atoms with Crippen LogP contribution in [-0.2, 0) is 14.3 Å². The average molecular weight is 234 g/mol. The maximum Gasteiger partial charge on any atom is 0.309 e. The molecule has 0 radical (unpaired) electrons. The van der Waals surface area contributed by atoms with Crippen molar-refractivity contribution in [1.29, 1.82) is 0 Å². The first-order valence-corrected chi connectivity index (χ1v) is 6.18. The molecular formula is C14H18O3. The molecule has 2 rings (SSSR count). The SMILES string of the molecule is CCOC(=O)[C@H]1CC=C[C@@H]2CC(C(C)=O)=C[C@@H]21. The van der Waals surface area contributed by atoms with Crippen LogP contribution in [-0.4, -0.2) is 18.4 Å². The van der Waals surface area contributed by atoms with Crippen molar-refractivity contribution >= 4 is 11.8 Å². The van der Waals surface area contributed by atoms with E-state index in [0.717, 1.165) is 18.4 Å². The van der Waals surface area contributed by atoms with Gasteiger partial charge in [0.2, 0.25) is 0 Å². The van der Waals surface area contributed by atoms with E-state index in [9.17, 15) is 9.59 Å². The zero-order chi connectivity index (χ0) is 12.4. The molecule has 0 spiro atoms. The van der Waals surface area contributed by atoms with Gasteiger partial charge in [-0.2, -0.15) is 0 Å². The third kappa shape index (κ3) is 2.33. The van der Waals surface area contributed by atoms with Gasteiger partial charge in [0.1, 0.15) is 0 Å². The lowest BCUT2D eigenvalue weighted by molar-refractivity contribution is -0.149. The number of carbonyl (C=O) groups is 2. The summed E-state index contributed by atoms with van der Waals surface area (Å²) in [6.07, 6.45) is 7.65. The topological polar surface area (TPSA) is 43.4 Å². The van der Waals surface area contributed by atoms with Crippen LogP contribution >= 0.6 is 0 Å². The lowest BCUT2D eigenvalue weighted by Crippen LogP contribution is -2.29. The minimum absolute atomic E-state index is 0.109. The third-order valence-electron chi connectivity index (χ3n) is 3.62. The van der Waals surface area contributed by atoms with Gasteiger partial charge in [-0.25, -0.2) is 0 Å². The van der Waals surface area contributed by atoms with Crippen molar-refractivity contribution in [2.75, 3.05) is 6.61 Å². The number of ether oxygens (including phenoxy) is 1. The van der Waals surface area contributed by atoms with Crippen LogP contribution in [0.3, 0.4) is 0 Å². The fourth-order valence-electron chi connectivity index (χ4n) is 2.75. The predicted molar refractivity (Wildman–Crippen MR) is 64.2 cm³/mol. The van der Waals surface area contributed by atoms with Gasteiger partial charge < -0.3 is 4.74 Å². The summed E-state index contributed by atoms with van der Waals surface area (Å²) in [5, 5.41) is 0. The summed E-state index contributed by atoms with van der Waals surface area (Å²) in [6.45, 7) is 3.82. The fourth-order valence-corrected chi connectivity index (χ4v) is 2.75. The molecule has 0 fully saturated rings. The number of hydrogen-bond donors (Lipinski definition) is 0. The second-order valence-corrected chi connectivity index (χ2v) is 4.72. The summed E-state index contributed by atoms with van der Waals surface area (Å²) >= 11 is 0. The highest BCUT2D eigenvalue weighted by Crippen LogP contribution is 2.41. The Labute approximate surface area is 102 Å². The smallest absolute Gasteiger partial charge is 0.309 e. The van der Waals surface area contributed by atoms with E-state index >= 15 is 0 Å². The molecule has 0 amide bonds. The first-order valence-electron chi connectivity index (χ1n) is 6.18. The molecule has 0 aromatic heterocycles. The molecule has 2 aliphatic rings. The molecule has 3 heteroatoms. The Morgan fingerprint density at radius 3 is 2.88 bits per heavy atom. The number of hydrogen-bond acceptors (Lipinski definition) is 3. The van der Waals surface area contributed by atoms with Gasteiger partial charge in [0.05, 0.1) is 12.5 Å². The van der Waals surface area contributed by atoms with E-state index in [1.807, 2.05) is 19.1 Å². The molecule has 92 valence electrons. The van der Waals surface area contributed by atoms with Crippen molar-refractivity contribution in [3.8, 4) is 0 Å². The summed E-state index contributed by atoms with van der Waals surface area (Å²) in [4.78, 5) is 23.2. The summed E-state index contributed by atoms with van der Waals surface area (Å²) in [7, 11) is 0. The predicted octanol–water partition coefficient (Wildman–Crippen LogP) is 2.28. The second-order valence-electron chi connectivity index (χ2n) is 4.72. The largest absolute Gasteiger partial charge is 0.466 e. The van der Waals surface area contributed by atoms with E-state index in [4.69, 9.17) is 4.74 Å². The highest BCUT2D eigenvalue weighted by Gasteiger charge is 2.39. The third-order valence-corrected chi connectivity index (χ3v) is 3.62. The van der Waals surface area contributed by atoms with Gasteiger partial charge in [-0.05, 0) is 44.1 Å². The van der Waals surface area contributed by atoms with Crippen LogP contribution in [0.25, 0.3) is 0 Å². The summed E-state index contributed by atoms with van der Waals surface area (Å²) in [5.41, 5.74) is 0.862. The Kier molecular flexibility index (Phi) is 3.46. The quantitative estimate of drug-likeness (QED) is 0.556. The van der Waals surface area contributed by atoms with E-state index in [-0.39, 0.29) is 23.6 Å². The Morgan fingerprint density at radius 1 is 1.47 bits per heavy atom. The minimum atomic E-state index is -0.132. The number of rotatable bonds is 3. The van der Waals surface area contributed by atoms with Crippen molar-refractivity contribution in [2.45, 2.75) is 26.7 Å². The molecule has 2 aliphatic carbocycles. The minimum Gasteiger partial charge on any atom is -0.466 e. The van der Waals surface area contributed by atoms with Crippen LogP contribution in [0.2, 0.25) is 0 Å². The molecule has 0 N–H and O–H groups in total. The summed E-state index contributed by atoms with van der Waals surface area (Å²) in [6, 6.07) is 0. The molecule has 0 bridgehead atoms. The number of esters is 1. The van der Waals surface area contributed by atoms with Gasteiger partial charge in [-0.1, -0.05) is 18.2 Å². The number of ketones is 1. The molecule has 0 aromatic rings. The maximum atomic E-state index is 11.8. The fraction of sp³-hybridized carbons (Fsp3) is 0.571. The first-order chi connectivity index (χ1) is 8.13. The molecule has 0 saturated heterocycles. The standard InChI is InChI=1S/C14H18O3/c1-3-17-14(16)12-6-4-5-10-7-11(9(2)15)8-13(10)12/h4-5,8,10,12-13H,3,6-7H2,1-2H3/t10-,12+,13+/m1/s1. The number of carbonyl (C=O) groups excluding carboxylic acids is 2. The number of fused-ring (bicyclic) bond motifs is 1. The van der Waals surface area contributed by atoms with Crippen molar-refractivity contribution in [2.24, 2.45) is 17.8 Å². The molecule has 0 unspecified atom stereocenters. The summed E-state index contributed by atoms with van der Waals surface area (Å²) < 4.78 is 5.10. The average Bonchev–Trinajstić information content (AvgIpc) is 2.72. The van der Waals surface area contributed by atoms with E-state index in [1.54, 1.807) is 6.92 Å². The molecule has 3 atom stereocenters. The van der Waals surface area contributed by atoms with Crippen molar-refractivity contribution in [3.63, 3.8) is 0 Å². The Hall–Kier alpha value is -1.38. The molecule has 0 heterocycles. The Morgan fingerprint density at radius 2 is 2.24 bits per heavy atom. The maximum absolute atomic E-state index is 11.8. The van der Waals surface area contributed by atoms with Crippen molar-refractivity contribution < 1.29 is 14.3 Å². The molecule has 0 saturated carbocycles. The molecule has 17 heavy (non-hydrogen) atoms. The lowest BCUT2D eigenvalue weighted by atomic mass is 9.78. The van der Waals surface area contributed by atoms with Crippen molar-refractivity contribution in [1.82, 2.24) is 0 Å². The zero-order valence-corrected chi connectivity index (χ0v) is 10.3. The second kappa shape index (κ2) is 4.86. The highest BCUT2D eigenvalue weighted by atomic mass is 16.5. The van der Waals surface area contributed by atoms with E-state index in [0.29, 0.717) is 12.5 Å². The van der Waals surface area contributed by atoms with Crippen LogP contribution in [0.15, 0.2) is 23.8 Å². The van der Waals surface area contributed by atoms with Crippen LogP contribution in [0.1, 0.15) is 26.7 Å². The lowest BCUT2D eigenvalue weighted by Gasteiger charge is -2.27. The molecule has 3 nitrogen and oxygen atoms in total. The van der Waals surface area contributed by atoms with Crippen LogP contribution in [0, 0.1) is 17.8 Å². The Balaban J connectivity index is 2.17. The molecule has 0 aliphatic heterocycles. The van der Waals surface area contributed by atoms with Gasteiger partial charge in [0, 0.05) is 0 Å². The monoisotopic (exact) mass is 234 g/mol. The van der Waals surface area contributed by atoms with Crippen LogP contribution < -0.4 is 0 Å². The highest BCUT2D eigenvalue weighted by molar-refractivity contribution is 5.94. The van der Waals surface area contributed by atoms with Gasteiger partial charge in [-0.3, -0.25) is 9.59 Å². The number of allylic oxidation sites excluding steroid dienone is 4. The summed E-state index contributed by atoms with van der Waals surface area (Å²) in [5.74, 6) is 0.333. The van der Waals surface area contributed by atoms with E-state index in [1.165, 1.54) is 0 Å². The number of Topliss-reactive ketones (excluding diaryl/α,β-unsaturated/α-hetero) is 1. The van der Waals surface area contributed by atoms with E-state index in [2.05, 4.69) is 6.08 Å². The molecular weight excluding hydrogens is 216 g/mol. The Bertz CT molecular complexity index is 392. The van der Waals surface area contributed by atoms with E-state index < -0.39 is 0 Å². The van der Waals surface area contributed by atoms with Crippen LogP contribution in [0.4, 0.5) is 0 Å². The molecule has 0 aromatic carbocycles. The van der Waals surface area contributed by atoms with Crippen molar-refractivity contribution in [3.05, 3.63) is 23.8 Å². The normalized spacial score (nSPS) is 30.7. The zero-order valence-electron chi connectivity index (χ0n) is 10.3. The van der Waals surface area contributed by atoms with Crippen LogP contribution in [0.5, 0.6) is 0 Å².